The van der Waals surface area contributed by atoms with Crippen LogP contribution in [0, 0.1) is 11.8 Å². The number of hydrogen-bond donors (Lipinski definition) is 4. The molecule has 0 unspecified atom stereocenters. The van der Waals surface area contributed by atoms with Gasteiger partial charge < -0.3 is 15.2 Å². The summed E-state index contributed by atoms with van der Waals surface area (Å²) in [5.41, 5.74) is 2.29. The number of carbonyl (C=O) groups excluding carboxylic acids is 3. The predicted molar refractivity (Wildman–Crippen MR) is 116 cm³/mol. The predicted octanol–water partition coefficient (Wildman–Crippen LogP) is 2.26. The van der Waals surface area contributed by atoms with E-state index in [4.69, 9.17) is 9.94 Å². The lowest BCUT2D eigenvalue weighted by Crippen LogP contribution is -2.51. The third kappa shape index (κ3) is 6.77. The summed E-state index contributed by atoms with van der Waals surface area (Å²) in [6.07, 6.45) is 6.32. The maximum Gasteiger partial charge on any atom is 0.329 e. The van der Waals surface area contributed by atoms with Gasteiger partial charge in [-0.25, -0.2) is 10.3 Å². The van der Waals surface area contributed by atoms with Gasteiger partial charge in [0.05, 0.1) is 5.92 Å². The molecule has 0 bridgehead atoms. The van der Waals surface area contributed by atoms with Gasteiger partial charge in [0.2, 0.25) is 5.91 Å². The normalized spacial score (nSPS) is 19.8. The number of ether oxygens (including phenoxy) is 1. The minimum Gasteiger partial charge on any atom is -0.461 e. The number of aliphatic hydroxyl groups excluding tert-OH is 1. The Balaban J connectivity index is 1.74. The molecule has 0 radical (unpaired) electrons. The van der Waals surface area contributed by atoms with Crippen molar-refractivity contribution < 1.29 is 29.4 Å². The van der Waals surface area contributed by atoms with Gasteiger partial charge in [-0.2, -0.15) is 0 Å². The molecule has 176 valence electrons. The van der Waals surface area contributed by atoms with E-state index in [0.29, 0.717) is 6.42 Å². The number of nitrogens with one attached hydrogen (secondary N) is 2. The minimum atomic E-state index is -1.70. The van der Waals surface area contributed by atoms with Crippen molar-refractivity contribution in [3.8, 4) is 0 Å². The van der Waals surface area contributed by atoms with Crippen molar-refractivity contribution in [1.29, 1.82) is 0 Å². The van der Waals surface area contributed by atoms with Gasteiger partial charge in [0.25, 0.3) is 5.91 Å². The van der Waals surface area contributed by atoms with Crippen LogP contribution in [0.2, 0.25) is 0 Å². The molecule has 4 N–H and O–H groups in total. The fourth-order valence-corrected chi connectivity index (χ4v) is 4.81. The Morgan fingerprint density at radius 3 is 2.22 bits per heavy atom. The fraction of sp³-hybridized carbons (Fsp3) is 0.625. The summed E-state index contributed by atoms with van der Waals surface area (Å²) in [6.45, 7) is 0. The number of rotatable bonds is 10. The number of hydrogen-bond acceptors (Lipinski definition) is 6. The summed E-state index contributed by atoms with van der Waals surface area (Å²) < 4.78 is 5.65. The van der Waals surface area contributed by atoms with E-state index < -0.39 is 35.8 Å². The molecule has 1 aromatic rings. The van der Waals surface area contributed by atoms with Crippen molar-refractivity contribution in [3.05, 3.63) is 35.9 Å². The van der Waals surface area contributed by atoms with E-state index in [2.05, 4.69) is 5.32 Å². The molecule has 0 aromatic heterocycles. The van der Waals surface area contributed by atoms with Gasteiger partial charge in [0, 0.05) is 6.42 Å². The molecule has 1 aromatic carbocycles. The van der Waals surface area contributed by atoms with Crippen molar-refractivity contribution in [2.24, 2.45) is 11.8 Å². The Labute approximate surface area is 188 Å². The molecule has 2 aliphatic carbocycles. The Morgan fingerprint density at radius 1 is 0.969 bits per heavy atom. The highest BCUT2D eigenvalue weighted by molar-refractivity contribution is 5.91. The molecule has 3 atom stereocenters. The van der Waals surface area contributed by atoms with Gasteiger partial charge in [-0.1, -0.05) is 56.0 Å². The molecule has 8 heteroatoms. The van der Waals surface area contributed by atoms with Crippen molar-refractivity contribution in [1.82, 2.24) is 10.8 Å². The standard InChI is InChI=1S/C24H34N2O6/c27-21(23(29)26-31)19(14-16-10-4-5-11-16)22(28)25-20(15-17-8-2-1-3-9-17)24(30)32-18-12-6-7-13-18/h1-3,8-9,16,18-21,27,31H,4-7,10-15H2,(H,25,28)(H,26,29)/t19-,20+,21+/m1/s1. The van der Waals surface area contributed by atoms with Crippen molar-refractivity contribution in [3.63, 3.8) is 0 Å². The van der Waals surface area contributed by atoms with Gasteiger partial charge in [0.15, 0.2) is 0 Å². The molecule has 2 aliphatic rings. The second-order valence-electron chi connectivity index (χ2n) is 9.01. The average Bonchev–Trinajstić information content (AvgIpc) is 3.51. The van der Waals surface area contributed by atoms with E-state index >= 15 is 0 Å². The van der Waals surface area contributed by atoms with E-state index in [1.54, 1.807) is 0 Å². The molecule has 3 rings (SSSR count). The lowest BCUT2D eigenvalue weighted by atomic mass is 9.87. The SMILES string of the molecule is O=C(OC1CCCC1)[C@H](Cc1ccccc1)NC(=O)[C@H](CC1CCCC1)[C@H](O)C(=O)NO. The Hall–Kier alpha value is -2.45. The Morgan fingerprint density at radius 2 is 1.59 bits per heavy atom. The largest absolute Gasteiger partial charge is 0.461 e. The Kier molecular flexibility index (Phi) is 9.05. The molecule has 2 amide bonds. The first-order valence-corrected chi connectivity index (χ1v) is 11.6. The second-order valence-corrected chi connectivity index (χ2v) is 9.01. The summed E-state index contributed by atoms with van der Waals surface area (Å²) >= 11 is 0. The third-order valence-electron chi connectivity index (χ3n) is 6.63. The average molecular weight is 447 g/mol. The lowest BCUT2D eigenvalue weighted by molar-refractivity contribution is -0.154. The monoisotopic (exact) mass is 446 g/mol. The molecule has 0 saturated heterocycles. The van der Waals surface area contributed by atoms with Crippen molar-refractivity contribution in [2.75, 3.05) is 0 Å². The molecule has 8 nitrogen and oxygen atoms in total. The zero-order valence-electron chi connectivity index (χ0n) is 18.4. The minimum absolute atomic E-state index is 0.141. The van der Waals surface area contributed by atoms with Crippen LogP contribution in [0.3, 0.4) is 0 Å². The first-order valence-electron chi connectivity index (χ1n) is 11.6. The van der Waals surface area contributed by atoms with E-state index in [-0.39, 0.29) is 18.4 Å². The van der Waals surface area contributed by atoms with E-state index in [1.165, 1.54) is 5.48 Å². The number of aliphatic hydroxyl groups is 1. The number of carbonyl (C=O) groups is 3. The van der Waals surface area contributed by atoms with Crippen LogP contribution in [0.4, 0.5) is 0 Å². The second kappa shape index (κ2) is 12.0. The van der Waals surface area contributed by atoms with E-state index in [0.717, 1.165) is 56.9 Å². The van der Waals surface area contributed by atoms with Crippen LogP contribution in [0.1, 0.15) is 63.4 Å². The topological polar surface area (TPSA) is 125 Å². The molecule has 0 spiro atoms. The van der Waals surface area contributed by atoms with Crippen LogP contribution in [0.15, 0.2) is 30.3 Å². The van der Waals surface area contributed by atoms with Gasteiger partial charge in [-0.15, -0.1) is 0 Å². The number of amides is 2. The van der Waals surface area contributed by atoms with Gasteiger partial charge in [0.1, 0.15) is 18.2 Å². The van der Waals surface area contributed by atoms with Crippen molar-refractivity contribution >= 4 is 17.8 Å². The van der Waals surface area contributed by atoms with Crippen LogP contribution in [0.5, 0.6) is 0 Å². The van der Waals surface area contributed by atoms with Gasteiger partial charge in [-0.3, -0.25) is 14.8 Å². The molecular weight excluding hydrogens is 412 g/mol. The van der Waals surface area contributed by atoms with Gasteiger partial charge in [-0.05, 0) is 43.6 Å². The maximum atomic E-state index is 13.2. The number of esters is 1. The number of benzene rings is 1. The highest BCUT2D eigenvalue weighted by Gasteiger charge is 2.37. The van der Waals surface area contributed by atoms with Gasteiger partial charge >= 0.3 is 5.97 Å². The smallest absolute Gasteiger partial charge is 0.329 e. The zero-order valence-corrected chi connectivity index (χ0v) is 18.4. The summed E-state index contributed by atoms with van der Waals surface area (Å²) in [5.74, 6) is -2.98. The third-order valence-corrected chi connectivity index (χ3v) is 6.63. The summed E-state index contributed by atoms with van der Waals surface area (Å²) in [5, 5.41) is 22.1. The molecule has 0 aliphatic heterocycles. The van der Waals surface area contributed by atoms with Crippen LogP contribution in [-0.2, 0) is 25.5 Å². The quantitative estimate of drug-likeness (QED) is 0.248. The first-order chi connectivity index (χ1) is 15.5. The summed E-state index contributed by atoms with van der Waals surface area (Å²) in [7, 11) is 0. The molecule has 0 heterocycles. The van der Waals surface area contributed by atoms with Crippen LogP contribution < -0.4 is 10.8 Å². The first kappa shape index (κ1) is 24.2. The number of hydroxylamine groups is 1. The molecule has 2 saturated carbocycles. The fourth-order valence-electron chi connectivity index (χ4n) is 4.81. The summed E-state index contributed by atoms with van der Waals surface area (Å²) in [6, 6.07) is 8.39. The van der Waals surface area contributed by atoms with E-state index in [9.17, 15) is 19.5 Å². The van der Waals surface area contributed by atoms with Crippen LogP contribution in [0.25, 0.3) is 0 Å². The van der Waals surface area contributed by atoms with Crippen molar-refractivity contribution in [2.45, 2.75) is 82.5 Å². The zero-order chi connectivity index (χ0) is 22.9. The van der Waals surface area contributed by atoms with E-state index in [1.807, 2.05) is 30.3 Å². The Bertz CT molecular complexity index is 759. The highest BCUT2D eigenvalue weighted by atomic mass is 16.5. The van der Waals surface area contributed by atoms with Crippen LogP contribution in [-0.4, -0.2) is 46.3 Å². The van der Waals surface area contributed by atoms with Crippen LogP contribution >= 0.6 is 0 Å². The molecule has 32 heavy (non-hydrogen) atoms. The lowest BCUT2D eigenvalue weighted by Gasteiger charge is -2.26. The summed E-state index contributed by atoms with van der Waals surface area (Å²) in [4.78, 5) is 38.0. The molecule has 2 fully saturated rings. The maximum absolute atomic E-state index is 13.2. The molecular formula is C24H34N2O6. The highest BCUT2D eigenvalue weighted by Crippen LogP contribution is 2.32.